The Morgan fingerprint density at radius 1 is 0.967 bits per heavy atom. The molecule has 152 valence electrons. The first-order valence-electron chi connectivity index (χ1n) is 8.55. The molecule has 0 unspecified atom stereocenters. The minimum Gasteiger partial charge on any atom is -0.334 e. The van der Waals surface area contributed by atoms with Gasteiger partial charge in [0.05, 0.1) is 4.92 Å². The Labute approximate surface area is 169 Å². The highest BCUT2D eigenvalue weighted by atomic mass is 16.6. The summed E-state index contributed by atoms with van der Waals surface area (Å²) in [6.45, 7) is 1.39. The van der Waals surface area contributed by atoms with Crippen molar-refractivity contribution in [3.05, 3.63) is 70.8 Å². The van der Waals surface area contributed by atoms with E-state index in [0.717, 1.165) is 6.33 Å². The topological polar surface area (TPSA) is 164 Å². The molecule has 2 heterocycles. The number of aromatic nitrogens is 3. The molecular formula is C18H16N8O4. The third-order valence-corrected chi connectivity index (χ3v) is 3.66. The SMILES string of the molecule is CC(=O)Nc1ccc(Nc2ncnc(NNC(=O)c3ccccn3)c2[N+](=O)[O-])cc1. The zero-order chi connectivity index (χ0) is 21.5. The van der Waals surface area contributed by atoms with Crippen LogP contribution in [-0.2, 0) is 4.79 Å². The molecule has 4 N–H and O–H groups in total. The molecule has 0 aliphatic heterocycles. The lowest BCUT2D eigenvalue weighted by Crippen LogP contribution is -2.31. The molecule has 12 heteroatoms. The molecular weight excluding hydrogens is 392 g/mol. The Morgan fingerprint density at radius 3 is 2.30 bits per heavy atom. The van der Waals surface area contributed by atoms with Gasteiger partial charge in [0.25, 0.3) is 5.91 Å². The van der Waals surface area contributed by atoms with Gasteiger partial charge in [-0.25, -0.2) is 9.97 Å². The predicted molar refractivity (Wildman–Crippen MR) is 108 cm³/mol. The summed E-state index contributed by atoms with van der Waals surface area (Å²) in [5, 5.41) is 17.0. The van der Waals surface area contributed by atoms with E-state index in [4.69, 9.17) is 0 Å². The molecule has 1 aromatic carbocycles. The molecule has 0 spiro atoms. The van der Waals surface area contributed by atoms with Crippen LogP contribution in [0, 0.1) is 10.1 Å². The standard InChI is InChI=1S/C18H16N8O4/c1-11(27)22-12-5-7-13(8-6-12)23-16-15(26(29)30)17(21-10-20-16)24-25-18(28)14-4-2-3-9-19-14/h2-10H,1H3,(H,22,27)(H,25,28)(H2,20,21,23,24). The summed E-state index contributed by atoms with van der Waals surface area (Å²) in [5.74, 6) is -1.11. The van der Waals surface area contributed by atoms with Crippen molar-refractivity contribution in [1.82, 2.24) is 20.4 Å². The molecule has 0 aliphatic carbocycles. The minimum atomic E-state index is -0.677. The number of hydrazine groups is 1. The predicted octanol–water partition coefficient (Wildman–Crippen LogP) is 2.24. The average molecular weight is 408 g/mol. The van der Waals surface area contributed by atoms with Crippen LogP contribution in [0.15, 0.2) is 55.0 Å². The van der Waals surface area contributed by atoms with Crippen molar-refractivity contribution in [3.8, 4) is 0 Å². The van der Waals surface area contributed by atoms with Gasteiger partial charge < -0.3 is 10.6 Å². The minimum absolute atomic E-state index is 0.0862. The number of carbonyl (C=O) groups is 2. The van der Waals surface area contributed by atoms with Crippen molar-refractivity contribution < 1.29 is 14.5 Å². The average Bonchev–Trinajstić information content (AvgIpc) is 2.73. The van der Waals surface area contributed by atoms with Gasteiger partial charge in [-0.05, 0) is 36.4 Å². The van der Waals surface area contributed by atoms with Crippen LogP contribution < -0.4 is 21.5 Å². The van der Waals surface area contributed by atoms with E-state index in [2.05, 4.69) is 36.4 Å². The van der Waals surface area contributed by atoms with Gasteiger partial charge in [0.2, 0.25) is 17.5 Å². The Hall–Kier alpha value is -4.61. The van der Waals surface area contributed by atoms with Gasteiger partial charge >= 0.3 is 5.69 Å². The van der Waals surface area contributed by atoms with Crippen molar-refractivity contribution in [2.75, 3.05) is 16.1 Å². The van der Waals surface area contributed by atoms with Crippen molar-refractivity contribution in [2.45, 2.75) is 6.92 Å². The van der Waals surface area contributed by atoms with Gasteiger partial charge in [0, 0.05) is 24.5 Å². The van der Waals surface area contributed by atoms with Crippen LogP contribution in [0.2, 0.25) is 0 Å². The number of hydrogen-bond donors (Lipinski definition) is 4. The molecule has 0 fully saturated rings. The van der Waals surface area contributed by atoms with Crippen molar-refractivity contribution >= 4 is 40.5 Å². The third kappa shape index (κ3) is 5.01. The van der Waals surface area contributed by atoms with Crippen LogP contribution in [0.5, 0.6) is 0 Å². The number of amides is 2. The highest BCUT2D eigenvalue weighted by Crippen LogP contribution is 2.31. The number of anilines is 4. The van der Waals surface area contributed by atoms with Crippen LogP contribution in [-0.4, -0.2) is 31.7 Å². The van der Waals surface area contributed by atoms with Crippen LogP contribution in [0.3, 0.4) is 0 Å². The molecule has 0 radical (unpaired) electrons. The van der Waals surface area contributed by atoms with E-state index in [1.54, 1.807) is 36.4 Å². The number of nitro groups is 1. The number of nitrogens with one attached hydrogen (secondary N) is 4. The van der Waals surface area contributed by atoms with Crippen LogP contribution in [0.25, 0.3) is 0 Å². The highest BCUT2D eigenvalue weighted by Gasteiger charge is 2.24. The molecule has 0 saturated heterocycles. The number of hydrogen-bond acceptors (Lipinski definition) is 9. The second-order valence-electron chi connectivity index (χ2n) is 5.85. The molecule has 12 nitrogen and oxygen atoms in total. The summed E-state index contributed by atoms with van der Waals surface area (Å²) in [7, 11) is 0. The Morgan fingerprint density at radius 2 is 1.67 bits per heavy atom. The van der Waals surface area contributed by atoms with E-state index >= 15 is 0 Å². The number of pyridine rings is 1. The Balaban J connectivity index is 1.78. The van der Waals surface area contributed by atoms with Crippen molar-refractivity contribution in [3.63, 3.8) is 0 Å². The summed E-state index contributed by atoms with van der Waals surface area (Å²) < 4.78 is 0. The molecule has 0 atom stereocenters. The first-order chi connectivity index (χ1) is 14.4. The summed E-state index contributed by atoms with van der Waals surface area (Å²) in [4.78, 5) is 45.7. The third-order valence-electron chi connectivity index (χ3n) is 3.66. The molecule has 2 aromatic heterocycles. The highest BCUT2D eigenvalue weighted by molar-refractivity contribution is 5.93. The van der Waals surface area contributed by atoms with Gasteiger partial charge in [-0.2, -0.15) is 0 Å². The van der Waals surface area contributed by atoms with Crippen LogP contribution in [0.1, 0.15) is 17.4 Å². The molecule has 0 aliphatic rings. The maximum Gasteiger partial charge on any atom is 0.355 e. The van der Waals surface area contributed by atoms with E-state index in [0.29, 0.717) is 11.4 Å². The maximum atomic E-state index is 12.1. The Kier molecular flexibility index (Phi) is 6.08. The molecule has 0 bridgehead atoms. The smallest absolute Gasteiger partial charge is 0.334 e. The maximum absolute atomic E-state index is 12.1. The number of rotatable bonds is 7. The van der Waals surface area contributed by atoms with Crippen LogP contribution in [0.4, 0.5) is 28.7 Å². The second kappa shape index (κ2) is 9.05. The molecule has 3 aromatic rings. The largest absolute Gasteiger partial charge is 0.355 e. The van der Waals surface area contributed by atoms with Crippen molar-refractivity contribution in [1.29, 1.82) is 0 Å². The van der Waals surface area contributed by atoms with E-state index in [1.165, 1.54) is 19.2 Å². The number of nitrogens with zero attached hydrogens (tertiary/aromatic N) is 4. The second-order valence-corrected chi connectivity index (χ2v) is 5.85. The number of benzene rings is 1. The van der Waals surface area contributed by atoms with Gasteiger partial charge in [0.1, 0.15) is 12.0 Å². The summed E-state index contributed by atoms with van der Waals surface area (Å²) in [6.07, 6.45) is 2.55. The van der Waals surface area contributed by atoms with E-state index in [9.17, 15) is 19.7 Å². The monoisotopic (exact) mass is 408 g/mol. The normalized spacial score (nSPS) is 10.0. The van der Waals surface area contributed by atoms with Gasteiger partial charge in [-0.1, -0.05) is 6.07 Å². The molecule has 3 rings (SSSR count). The fraction of sp³-hybridized carbons (Fsp3) is 0.0556. The molecule has 30 heavy (non-hydrogen) atoms. The first-order valence-corrected chi connectivity index (χ1v) is 8.55. The van der Waals surface area contributed by atoms with E-state index in [1.807, 2.05) is 0 Å². The van der Waals surface area contributed by atoms with Gasteiger partial charge in [0.15, 0.2) is 0 Å². The lowest BCUT2D eigenvalue weighted by molar-refractivity contribution is -0.383. The summed E-state index contributed by atoms with van der Waals surface area (Å²) >= 11 is 0. The Bertz CT molecular complexity index is 1070. The quantitative estimate of drug-likeness (QED) is 0.339. The zero-order valence-electron chi connectivity index (χ0n) is 15.6. The zero-order valence-corrected chi connectivity index (χ0v) is 15.6. The lowest BCUT2D eigenvalue weighted by Gasteiger charge is -2.11. The first kappa shape index (κ1) is 20.1. The summed E-state index contributed by atoms with van der Waals surface area (Å²) in [6, 6.07) is 11.3. The molecule has 0 saturated carbocycles. The van der Waals surface area contributed by atoms with Crippen molar-refractivity contribution in [2.24, 2.45) is 0 Å². The lowest BCUT2D eigenvalue weighted by atomic mass is 10.2. The van der Waals surface area contributed by atoms with E-state index < -0.39 is 16.5 Å². The molecule has 2 amide bonds. The fourth-order valence-corrected chi connectivity index (χ4v) is 2.39. The van der Waals surface area contributed by atoms with E-state index in [-0.39, 0.29) is 23.2 Å². The fourth-order valence-electron chi connectivity index (χ4n) is 2.39. The van der Waals surface area contributed by atoms with Gasteiger partial charge in [-0.3, -0.25) is 35.5 Å². The number of carbonyl (C=O) groups excluding carboxylic acids is 2. The van der Waals surface area contributed by atoms with Gasteiger partial charge in [-0.15, -0.1) is 0 Å². The van der Waals surface area contributed by atoms with Crippen LogP contribution >= 0.6 is 0 Å². The summed E-state index contributed by atoms with van der Waals surface area (Å²) in [5.41, 5.74) is 5.47.